The topological polar surface area (TPSA) is 116 Å². The Kier molecular flexibility index (Phi) is 6.20. The maximum absolute atomic E-state index is 12.1. The van der Waals surface area contributed by atoms with Gasteiger partial charge in [0.25, 0.3) is 5.89 Å². The monoisotopic (exact) mass is 386 g/mol. The van der Waals surface area contributed by atoms with Crippen LogP contribution in [0.5, 0.6) is 5.75 Å². The fourth-order valence-electron chi connectivity index (χ4n) is 1.37. The van der Waals surface area contributed by atoms with Crippen molar-refractivity contribution in [3.8, 4) is 17.1 Å². The van der Waals surface area contributed by atoms with Crippen molar-refractivity contribution in [2.45, 2.75) is 12.5 Å². The first-order chi connectivity index (χ1) is 11.8. The van der Waals surface area contributed by atoms with E-state index in [2.05, 4.69) is 9.72 Å². The van der Waals surface area contributed by atoms with E-state index in [1.54, 1.807) is 0 Å². The van der Waals surface area contributed by atoms with Crippen molar-refractivity contribution in [3.05, 3.63) is 36.4 Å². The second-order valence-electron chi connectivity index (χ2n) is 4.27. The summed E-state index contributed by atoms with van der Waals surface area (Å²) in [6, 6.07) is 5.08. The third-order valence-corrected chi connectivity index (χ3v) is 2.31. The first-order valence-electron chi connectivity index (χ1n) is 6.21. The number of ether oxygens (including phenoxy) is 1. The largest absolute Gasteiger partial charge is 0.573 e. The van der Waals surface area contributed by atoms with E-state index in [1.165, 1.54) is 18.3 Å². The second kappa shape index (κ2) is 7.76. The molecule has 0 aliphatic rings. The molecular weight excluding hydrogens is 378 g/mol. The summed E-state index contributed by atoms with van der Waals surface area (Å²) >= 11 is 0. The molecular formula is C13H8F6N2O5. The molecule has 0 saturated heterocycles. The van der Waals surface area contributed by atoms with E-state index in [0.717, 1.165) is 12.1 Å². The predicted molar refractivity (Wildman–Crippen MR) is 70.8 cm³/mol. The summed E-state index contributed by atoms with van der Waals surface area (Å²) in [7, 11) is 0. The standard InChI is InChI=1S/C11H7F3N2O3.C2HF3O2/c12-11(13,14)19-7-3-1-2-6(4-7)8-5-16-10(18-8)9(15)17;3-2(4,5)1(6)7/h1-5H,(H2,15,17);(H,6,7). The molecule has 1 amide bonds. The van der Waals surface area contributed by atoms with Gasteiger partial charge in [0.2, 0.25) is 0 Å². The van der Waals surface area contributed by atoms with Crippen LogP contribution in [0.2, 0.25) is 0 Å². The van der Waals surface area contributed by atoms with Crippen LogP contribution in [0, 0.1) is 0 Å². The number of primary amides is 1. The van der Waals surface area contributed by atoms with E-state index in [-0.39, 0.29) is 17.2 Å². The molecule has 0 radical (unpaired) electrons. The molecule has 0 aliphatic heterocycles. The molecule has 0 unspecified atom stereocenters. The number of nitrogens with zero attached hydrogens (tertiary/aromatic N) is 1. The van der Waals surface area contributed by atoms with Gasteiger partial charge in [-0.1, -0.05) is 12.1 Å². The first kappa shape index (κ1) is 20.8. The lowest BCUT2D eigenvalue weighted by atomic mass is 10.2. The number of alkyl halides is 6. The molecule has 26 heavy (non-hydrogen) atoms. The normalized spacial score (nSPS) is 11.3. The molecule has 13 heteroatoms. The Balaban J connectivity index is 0.000000412. The highest BCUT2D eigenvalue weighted by atomic mass is 19.4. The number of oxazole rings is 1. The van der Waals surface area contributed by atoms with Gasteiger partial charge in [0.15, 0.2) is 5.76 Å². The van der Waals surface area contributed by atoms with Gasteiger partial charge in [-0.05, 0) is 12.1 Å². The lowest BCUT2D eigenvalue weighted by molar-refractivity contribution is -0.274. The summed E-state index contributed by atoms with van der Waals surface area (Å²) in [5, 5.41) is 7.12. The Bertz CT molecular complexity index is 784. The zero-order chi connectivity index (χ0) is 20.1. The van der Waals surface area contributed by atoms with Gasteiger partial charge in [-0.15, -0.1) is 13.2 Å². The van der Waals surface area contributed by atoms with Crippen molar-refractivity contribution < 1.29 is 50.2 Å². The lowest BCUT2D eigenvalue weighted by Crippen LogP contribution is -2.21. The van der Waals surface area contributed by atoms with E-state index in [1.807, 2.05) is 0 Å². The number of rotatable bonds is 3. The Hall–Kier alpha value is -3.25. The molecule has 1 heterocycles. The van der Waals surface area contributed by atoms with Crippen LogP contribution < -0.4 is 10.5 Å². The number of amides is 1. The number of carbonyl (C=O) groups excluding carboxylic acids is 1. The molecule has 1 aromatic carbocycles. The highest BCUT2D eigenvalue weighted by Gasteiger charge is 2.38. The summed E-state index contributed by atoms with van der Waals surface area (Å²) in [6.45, 7) is 0. The SMILES string of the molecule is NC(=O)c1ncc(-c2cccc(OC(F)(F)F)c2)o1.O=C(O)C(F)(F)F. The second-order valence-corrected chi connectivity index (χ2v) is 4.27. The lowest BCUT2D eigenvalue weighted by Gasteiger charge is -2.09. The van der Waals surface area contributed by atoms with Gasteiger partial charge in [-0.25, -0.2) is 9.78 Å². The summed E-state index contributed by atoms with van der Waals surface area (Å²) in [4.78, 5) is 23.3. The average molecular weight is 386 g/mol. The zero-order valence-corrected chi connectivity index (χ0v) is 12.3. The number of carboxylic acids is 1. The molecule has 2 aromatic rings. The number of aliphatic carboxylic acids is 1. The van der Waals surface area contributed by atoms with E-state index in [0.29, 0.717) is 0 Å². The molecule has 142 valence electrons. The highest BCUT2D eigenvalue weighted by Crippen LogP contribution is 2.28. The Morgan fingerprint density at radius 2 is 1.73 bits per heavy atom. The number of benzene rings is 1. The molecule has 2 rings (SSSR count). The van der Waals surface area contributed by atoms with Gasteiger partial charge in [0.05, 0.1) is 6.20 Å². The number of hydrogen-bond acceptors (Lipinski definition) is 5. The average Bonchev–Trinajstić information content (AvgIpc) is 2.95. The van der Waals surface area contributed by atoms with Crippen molar-refractivity contribution in [3.63, 3.8) is 0 Å². The molecule has 0 fully saturated rings. The van der Waals surface area contributed by atoms with Crippen molar-refractivity contribution >= 4 is 11.9 Å². The minimum atomic E-state index is -5.08. The van der Waals surface area contributed by atoms with Gasteiger partial charge < -0.3 is 20.0 Å². The van der Waals surface area contributed by atoms with Crippen LogP contribution in [0.1, 0.15) is 10.7 Å². The highest BCUT2D eigenvalue weighted by molar-refractivity contribution is 5.88. The van der Waals surface area contributed by atoms with E-state index < -0.39 is 30.2 Å². The molecule has 0 aliphatic carbocycles. The smallest absolute Gasteiger partial charge is 0.475 e. The van der Waals surface area contributed by atoms with Crippen LogP contribution in [0.15, 0.2) is 34.9 Å². The summed E-state index contributed by atoms with van der Waals surface area (Å²) in [5.74, 6) is -4.23. The first-order valence-corrected chi connectivity index (χ1v) is 6.21. The minimum absolute atomic E-state index is 0.112. The van der Waals surface area contributed by atoms with Gasteiger partial charge >= 0.3 is 24.4 Å². The number of aromatic nitrogens is 1. The Morgan fingerprint density at radius 1 is 1.15 bits per heavy atom. The van der Waals surface area contributed by atoms with Crippen molar-refractivity contribution in [1.29, 1.82) is 0 Å². The third-order valence-electron chi connectivity index (χ3n) is 2.31. The van der Waals surface area contributed by atoms with Gasteiger partial charge in [-0.2, -0.15) is 13.2 Å². The fraction of sp³-hybridized carbons (Fsp3) is 0.154. The van der Waals surface area contributed by atoms with Crippen LogP contribution in [0.25, 0.3) is 11.3 Å². The van der Waals surface area contributed by atoms with Gasteiger partial charge in [-0.3, -0.25) is 4.79 Å². The molecule has 1 aromatic heterocycles. The molecule has 0 saturated carbocycles. The molecule has 7 nitrogen and oxygen atoms in total. The van der Waals surface area contributed by atoms with Crippen LogP contribution >= 0.6 is 0 Å². The number of nitrogens with two attached hydrogens (primary N) is 1. The fourth-order valence-corrected chi connectivity index (χ4v) is 1.37. The van der Waals surface area contributed by atoms with E-state index >= 15 is 0 Å². The van der Waals surface area contributed by atoms with Crippen LogP contribution in [-0.4, -0.2) is 34.5 Å². The maximum Gasteiger partial charge on any atom is 0.573 e. The van der Waals surface area contributed by atoms with E-state index in [4.69, 9.17) is 20.1 Å². The minimum Gasteiger partial charge on any atom is -0.475 e. The number of carboxylic acid groups (broad SMARTS) is 1. The van der Waals surface area contributed by atoms with Gasteiger partial charge in [0, 0.05) is 5.56 Å². The molecule has 3 N–H and O–H groups in total. The number of carbonyl (C=O) groups is 2. The molecule has 0 spiro atoms. The van der Waals surface area contributed by atoms with Crippen molar-refractivity contribution in [2.75, 3.05) is 0 Å². The number of hydrogen-bond donors (Lipinski definition) is 2. The number of halogens is 6. The van der Waals surface area contributed by atoms with Crippen molar-refractivity contribution in [2.24, 2.45) is 5.73 Å². The van der Waals surface area contributed by atoms with Crippen LogP contribution in [0.3, 0.4) is 0 Å². The van der Waals surface area contributed by atoms with E-state index in [9.17, 15) is 31.1 Å². The van der Waals surface area contributed by atoms with Crippen molar-refractivity contribution in [1.82, 2.24) is 4.98 Å². The summed E-state index contributed by atoms with van der Waals surface area (Å²) in [6.07, 6.45) is -8.68. The molecule has 0 bridgehead atoms. The zero-order valence-electron chi connectivity index (χ0n) is 12.3. The predicted octanol–water partition coefficient (Wildman–Crippen LogP) is 2.97. The quantitative estimate of drug-likeness (QED) is 0.784. The Labute approximate surface area is 140 Å². The maximum atomic E-state index is 12.1. The molecule has 0 atom stereocenters. The van der Waals surface area contributed by atoms with Crippen LogP contribution in [0.4, 0.5) is 26.3 Å². The Morgan fingerprint density at radius 3 is 2.15 bits per heavy atom. The van der Waals surface area contributed by atoms with Crippen LogP contribution in [-0.2, 0) is 4.79 Å². The summed E-state index contributed by atoms with van der Waals surface area (Å²) in [5.41, 5.74) is 5.23. The summed E-state index contributed by atoms with van der Waals surface area (Å²) < 4.78 is 76.7. The third kappa shape index (κ3) is 6.70. The van der Waals surface area contributed by atoms with Gasteiger partial charge in [0.1, 0.15) is 5.75 Å².